The van der Waals surface area contributed by atoms with E-state index in [2.05, 4.69) is 6.92 Å². The third-order valence-electron chi connectivity index (χ3n) is 9.15. The topological polar surface area (TPSA) is 9.23 Å². The highest BCUT2D eigenvalue weighted by Gasteiger charge is 2.34. The summed E-state index contributed by atoms with van der Waals surface area (Å²) < 4.78 is 31.1. The molecular weight excluding hydrogens is 390 g/mol. The van der Waals surface area contributed by atoms with Crippen LogP contribution >= 0.6 is 0 Å². The van der Waals surface area contributed by atoms with Crippen LogP contribution in [0, 0.1) is 35.4 Å². The van der Waals surface area contributed by atoms with Crippen molar-refractivity contribution in [3.63, 3.8) is 0 Å². The van der Waals surface area contributed by atoms with E-state index in [-0.39, 0.29) is 5.75 Å². The Hall–Kier alpha value is -1.12. The average molecular weight is 433 g/mol. The van der Waals surface area contributed by atoms with Crippen molar-refractivity contribution < 1.29 is 13.5 Å². The van der Waals surface area contributed by atoms with Gasteiger partial charge in [-0.3, -0.25) is 0 Å². The lowest BCUT2D eigenvalue weighted by Gasteiger charge is -2.41. The lowest BCUT2D eigenvalue weighted by Crippen LogP contribution is -2.29. The molecule has 3 fully saturated rings. The van der Waals surface area contributed by atoms with E-state index < -0.39 is 12.7 Å². The van der Waals surface area contributed by atoms with Crippen LogP contribution in [0.2, 0.25) is 0 Å². The van der Waals surface area contributed by atoms with E-state index in [0.29, 0.717) is 5.92 Å². The van der Waals surface area contributed by atoms with Gasteiger partial charge in [0, 0.05) is 0 Å². The minimum absolute atomic E-state index is 0.0237. The first-order valence-corrected chi connectivity index (χ1v) is 13.2. The van der Waals surface area contributed by atoms with Crippen LogP contribution in [0.1, 0.15) is 108 Å². The van der Waals surface area contributed by atoms with E-state index in [9.17, 15) is 8.78 Å². The Balaban J connectivity index is 1.20. The molecule has 1 nitrogen and oxygen atoms in total. The van der Waals surface area contributed by atoms with Crippen molar-refractivity contribution in [3.8, 4) is 5.75 Å². The fourth-order valence-corrected chi connectivity index (χ4v) is 7.32. The molecule has 0 N–H and O–H groups in total. The summed E-state index contributed by atoms with van der Waals surface area (Å²) in [5.74, 6) is 4.87. The molecule has 1 aromatic rings. The van der Waals surface area contributed by atoms with Crippen molar-refractivity contribution in [1.82, 2.24) is 0 Å². The van der Waals surface area contributed by atoms with Gasteiger partial charge in [-0.15, -0.1) is 0 Å². The first kappa shape index (κ1) is 23.1. The summed E-state index contributed by atoms with van der Waals surface area (Å²) in [6.07, 6.45) is 19.5. The van der Waals surface area contributed by atoms with Crippen LogP contribution in [-0.4, -0.2) is 6.86 Å². The molecule has 4 rings (SSSR count). The van der Waals surface area contributed by atoms with Crippen molar-refractivity contribution >= 4 is 0 Å². The summed E-state index contributed by atoms with van der Waals surface area (Å²) in [4.78, 5) is 0. The third kappa shape index (κ3) is 5.82. The molecule has 0 aliphatic heterocycles. The molecule has 0 bridgehead atoms. The Labute approximate surface area is 188 Å². The molecule has 0 saturated heterocycles. The van der Waals surface area contributed by atoms with Crippen LogP contribution in [0.25, 0.3) is 0 Å². The SMILES string of the molecule is CCCC1CCC(C2CCC(C3CCC(c4ccc(OCF)c(F)c4)CC3)CC2)CC1. The van der Waals surface area contributed by atoms with Gasteiger partial charge < -0.3 is 4.74 Å². The molecule has 0 spiro atoms. The van der Waals surface area contributed by atoms with Gasteiger partial charge in [-0.1, -0.05) is 38.7 Å². The van der Waals surface area contributed by atoms with Gasteiger partial charge in [0.1, 0.15) is 0 Å². The van der Waals surface area contributed by atoms with E-state index in [1.807, 2.05) is 6.07 Å². The Morgan fingerprint density at radius 2 is 1.29 bits per heavy atom. The number of hydrogen-bond donors (Lipinski definition) is 0. The van der Waals surface area contributed by atoms with Crippen molar-refractivity contribution in [3.05, 3.63) is 29.6 Å². The number of benzene rings is 1. The van der Waals surface area contributed by atoms with Gasteiger partial charge in [-0.25, -0.2) is 8.78 Å². The zero-order chi connectivity index (χ0) is 21.6. The molecule has 0 unspecified atom stereocenters. The zero-order valence-electron chi connectivity index (χ0n) is 19.5. The van der Waals surface area contributed by atoms with Crippen LogP contribution in [0.15, 0.2) is 18.2 Å². The minimum Gasteiger partial charge on any atom is -0.460 e. The van der Waals surface area contributed by atoms with Gasteiger partial charge in [-0.05, 0) is 117 Å². The lowest BCUT2D eigenvalue weighted by molar-refractivity contribution is 0.109. The van der Waals surface area contributed by atoms with E-state index in [4.69, 9.17) is 4.74 Å². The number of rotatable bonds is 7. The van der Waals surface area contributed by atoms with Crippen molar-refractivity contribution in [2.24, 2.45) is 29.6 Å². The Morgan fingerprint density at radius 1 is 0.774 bits per heavy atom. The second-order valence-electron chi connectivity index (χ2n) is 10.8. The van der Waals surface area contributed by atoms with Crippen LogP contribution in [-0.2, 0) is 0 Å². The number of hydrogen-bond acceptors (Lipinski definition) is 1. The monoisotopic (exact) mass is 432 g/mol. The van der Waals surface area contributed by atoms with E-state index >= 15 is 0 Å². The molecule has 1 aromatic carbocycles. The van der Waals surface area contributed by atoms with E-state index in [1.54, 1.807) is 12.1 Å². The van der Waals surface area contributed by atoms with Gasteiger partial charge in [-0.2, -0.15) is 0 Å². The fraction of sp³-hybridized carbons (Fsp3) is 0.786. The van der Waals surface area contributed by atoms with Gasteiger partial charge >= 0.3 is 0 Å². The molecule has 31 heavy (non-hydrogen) atoms. The molecule has 3 aliphatic rings. The van der Waals surface area contributed by atoms with Crippen molar-refractivity contribution in [2.75, 3.05) is 6.86 Å². The largest absolute Gasteiger partial charge is 0.460 e. The van der Waals surface area contributed by atoms with E-state index in [1.165, 1.54) is 77.0 Å². The minimum atomic E-state index is -0.982. The summed E-state index contributed by atoms with van der Waals surface area (Å²) >= 11 is 0. The van der Waals surface area contributed by atoms with Crippen LogP contribution in [0.5, 0.6) is 5.75 Å². The summed E-state index contributed by atoms with van der Waals surface area (Å²) in [5, 5.41) is 0. The van der Waals surface area contributed by atoms with Gasteiger partial charge in [0.25, 0.3) is 0 Å². The van der Waals surface area contributed by atoms with Crippen LogP contribution < -0.4 is 4.74 Å². The predicted octanol–water partition coefficient (Wildman–Crippen LogP) is 8.82. The predicted molar refractivity (Wildman–Crippen MR) is 124 cm³/mol. The molecule has 0 heterocycles. The maximum Gasteiger partial charge on any atom is 0.228 e. The van der Waals surface area contributed by atoms with E-state index in [0.717, 1.165) is 48.0 Å². The smallest absolute Gasteiger partial charge is 0.228 e. The number of halogens is 2. The maximum absolute atomic E-state index is 14.1. The molecule has 174 valence electrons. The van der Waals surface area contributed by atoms with Gasteiger partial charge in [0.2, 0.25) is 6.86 Å². The quantitative estimate of drug-likeness (QED) is 0.418. The normalized spacial score (nSPS) is 34.4. The first-order valence-electron chi connectivity index (χ1n) is 13.2. The molecule has 3 aliphatic carbocycles. The number of ether oxygens (including phenoxy) is 1. The molecule has 0 radical (unpaired) electrons. The molecular formula is C28H42F2O. The first-order chi connectivity index (χ1) is 15.2. The van der Waals surface area contributed by atoms with Crippen molar-refractivity contribution in [1.29, 1.82) is 0 Å². The molecule has 0 atom stereocenters. The molecule has 3 saturated carbocycles. The fourth-order valence-electron chi connectivity index (χ4n) is 7.32. The summed E-state index contributed by atoms with van der Waals surface area (Å²) in [7, 11) is 0. The number of alkyl halides is 1. The van der Waals surface area contributed by atoms with Crippen LogP contribution in [0.4, 0.5) is 8.78 Å². The summed E-state index contributed by atoms with van der Waals surface area (Å²) in [6.45, 7) is 1.35. The maximum atomic E-state index is 14.1. The van der Waals surface area contributed by atoms with Gasteiger partial charge in [0.15, 0.2) is 11.6 Å². The Kier molecular flexibility index (Phi) is 8.29. The standard InChI is InChI=1S/C28H42F2O/c1-2-3-20-4-6-21(7-5-20)22-8-10-23(11-9-22)24-12-14-25(15-13-24)26-16-17-28(31-19-29)27(30)18-26/h16-18,20-25H,2-15,19H2,1H3. The van der Waals surface area contributed by atoms with Crippen LogP contribution in [0.3, 0.4) is 0 Å². The second kappa shape index (κ2) is 11.1. The molecule has 0 amide bonds. The molecule has 0 aromatic heterocycles. The highest BCUT2D eigenvalue weighted by Crippen LogP contribution is 2.47. The van der Waals surface area contributed by atoms with Gasteiger partial charge in [0.05, 0.1) is 0 Å². The highest BCUT2D eigenvalue weighted by molar-refractivity contribution is 5.31. The zero-order valence-corrected chi connectivity index (χ0v) is 19.5. The second-order valence-corrected chi connectivity index (χ2v) is 10.8. The lowest BCUT2D eigenvalue weighted by atomic mass is 9.64. The third-order valence-corrected chi connectivity index (χ3v) is 9.15. The Bertz CT molecular complexity index is 666. The highest BCUT2D eigenvalue weighted by atomic mass is 19.1. The van der Waals surface area contributed by atoms with Crippen molar-refractivity contribution in [2.45, 2.75) is 103 Å². The summed E-state index contributed by atoms with van der Waals surface area (Å²) in [6, 6.07) is 5.09. The summed E-state index contributed by atoms with van der Waals surface area (Å²) in [5.41, 5.74) is 1.06. The molecule has 3 heteroatoms. The average Bonchev–Trinajstić information content (AvgIpc) is 2.82. The Morgan fingerprint density at radius 3 is 1.77 bits per heavy atom.